The normalized spacial score (nSPS) is 24.3. The van der Waals surface area contributed by atoms with Crippen LogP contribution in [0.15, 0.2) is 45.4 Å². The smallest absolute Gasteiger partial charge is 1.00 e. The molecule has 0 N–H and O–H groups in total. The minimum absolute atomic E-state index is 0. The molecule has 23 heavy (non-hydrogen) atoms. The molecule has 0 aromatic rings. The van der Waals surface area contributed by atoms with Crippen LogP contribution in [0, 0.1) is 10.8 Å². The maximum absolute atomic E-state index is 2.44. The molecular weight excluding hydrogens is 379 g/mol. The first kappa shape index (κ1) is 23.6. The number of hydrogen-bond acceptors (Lipinski definition) is 1. The van der Waals surface area contributed by atoms with Gasteiger partial charge in [0.05, 0.1) is 0 Å². The molecule has 2 aliphatic carbocycles. The van der Waals surface area contributed by atoms with Crippen molar-refractivity contribution in [2.75, 3.05) is 6.26 Å². The number of rotatable bonds is 3. The van der Waals surface area contributed by atoms with Crippen LogP contribution in [0.1, 0.15) is 47.5 Å². The largest absolute Gasteiger partial charge is 1.00 e. The molecule has 0 saturated heterocycles. The van der Waals surface area contributed by atoms with Crippen molar-refractivity contribution in [3.8, 4) is 0 Å². The SMILES string of the molecule is CSC1(C(C)(C)C2=[C]([Ti+2])CC=C2)CC=CC=C1C(C)(C)C.[Cl-].[Cl-]. The summed E-state index contributed by atoms with van der Waals surface area (Å²) >= 11 is 4.33. The van der Waals surface area contributed by atoms with E-state index in [1.807, 2.05) is 11.8 Å². The molecule has 0 radical (unpaired) electrons. The van der Waals surface area contributed by atoms with Gasteiger partial charge < -0.3 is 24.8 Å². The molecular formula is C19H27Cl2STi. The van der Waals surface area contributed by atoms with Gasteiger partial charge in [-0.25, -0.2) is 0 Å². The Morgan fingerprint density at radius 3 is 2.13 bits per heavy atom. The molecule has 0 bridgehead atoms. The van der Waals surface area contributed by atoms with Crippen LogP contribution in [0.25, 0.3) is 0 Å². The summed E-state index contributed by atoms with van der Waals surface area (Å²) in [6, 6.07) is 0. The first-order valence-electron chi connectivity index (χ1n) is 7.71. The van der Waals surface area contributed by atoms with Crippen LogP contribution >= 0.6 is 11.8 Å². The van der Waals surface area contributed by atoms with Crippen LogP contribution in [0.4, 0.5) is 0 Å². The Labute approximate surface area is 170 Å². The van der Waals surface area contributed by atoms with E-state index in [-0.39, 0.29) is 40.4 Å². The van der Waals surface area contributed by atoms with Crippen LogP contribution in [0.3, 0.4) is 0 Å². The van der Waals surface area contributed by atoms with E-state index < -0.39 is 0 Å². The van der Waals surface area contributed by atoms with E-state index in [0.717, 1.165) is 12.8 Å². The van der Waals surface area contributed by atoms with Gasteiger partial charge >= 0.3 is 147 Å². The molecule has 0 aromatic carbocycles. The minimum atomic E-state index is 0. The first-order chi connectivity index (χ1) is 9.67. The van der Waals surface area contributed by atoms with E-state index in [1.54, 1.807) is 11.1 Å². The fraction of sp³-hybridized carbons (Fsp3) is 0.579. The second-order valence-electron chi connectivity index (χ2n) is 7.62. The minimum Gasteiger partial charge on any atom is -1.00 e. The second-order valence-corrected chi connectivity index (χ2v) is 9.67. The van der Waals surface area contributed by atoms with Crippen molar-refractivity contribution in [1.29, 1.82) is 0 Å². The van der Waals surface area contributed by atoms with Crippen LogP contribution in [-0.2, 0) is 20.4 Å². The van der Waals surface area contributed by atoms with E-state index in [2.05, 4.69) is 91.7 Å². The summed E-state index contributed by atoms with van der Waals surface area (Å²) in [7, 11) is 0. The number of thioether (sulfide) groups is 1. The predicted molar refractivity (Wildman–Crippen MR) is 92.1 cm³/mol. The van der Waals surface area contributed by atoms with Crippen molar-refractivity contribution in [1.82, 2.24) is 0 Å². The summed E-state index contributed by atoms with van der Waals surface area (Å²) in [5, 5.41) is 0. The summed E-state index contributed by atoms with van der Waals surface area (Å²) in [6.45, 7) is 11.9. The Morgan fingerprint density at radius 2 is 1.70 bits per heavy atom. The number of allylic oxidation sites excluding steroid dienone is 7. The second kappa shape index (κ2) is 8.32. The molecule has 0 aliphatic heterocycles. The van der Waals surface area contributed by atoms with Gasteiger partial charge in [0, 0.05) is 0 Å². The van der Waals surface area contributed by atoms with Crippen molar-refractivity contribution in [3.63, 3.8) is 0 Å². The third kappa shape index (κ3) is 4.06. The van der Waals surface area contributed by atoms with Crippen LogP contribution in [0.5, 0.6) is 0 Å². The molecule has 0 nitrogen and oxygen atoms in total. The van der Waals surface area contributed by atoms with Gasteiger partial charge in [-0.1, -0.05) is 0 Å². The van der Waals surface area contributed by atoms with Crippen LogP contribution in [0.2, 0.25) is 0 Å². The van der Waals surface area contributed by atoms with Crippen molar-refractivity contribution in [2.24, 2.45) is 10.8 Å². The summed E-state index contributed by atoms with van der Waals surface area (Å²) < 4.78 is 1.68. The topological polar surface area (TPSA) is 0 Å². The standard InChI is InChI=1S/C19H27S.2ClH.Ti/c1-17(2,3)16-13-9-10-14-19(16,20-6)18(4,5)15-11-7-8-12-15;;;/h7,9-11,13H,8,14H2,1-6H3;2*1H;/q;;;+2/p-2. The molecule has 0 saturated carbocycles. The Bertz CT molecular complexity index is 550. The Hall–Kier alpha value is 0.604. The van der Waals surface area contributed by atoms with Crippen LogP contribution in [-0.4, -0.2) is 11.0 Å². The summed E-state index contributed by atoms with van der Waals surface area (Å²) in [6.07, 6.45) is 16.2. The Morgan fingerprint density at radius 1 is 1.09 bits per heavy atom. The van der Waals surface area contributed by atoms with Gasteiger partial charge in [-0.05, 0) is 0 Å². The average molecular weight is 406 g/mol. The summed E-state index contributed by atoms with van der Waals surface area (Å²) in [5.41, 5.74) is 3.45. The van der Waals surface area contributed by atoms with Crippen molar-refractivity contribution < 1.29 is 45.2 Å². The first-order valence-corrected chi connectivity index (χ1v) is 9.72. The van der Waals surface area contributed by atoms with E-state index in [4.69, 9.17) is 0 Å². The molecule has 0 heterocycles. The zero-order valence-corrected chi connectivity index (χ0v) is 18.9. The van der Waals surface area contributed by atoms with E-state index in [0.29, 0.717) is 0 Å². The molecule has 2 rings (SSSR count). The summed E-state index contributed by atoms with van der Waals surface area (Å²) in [4.78, 5) is 0. The van der Waals surface area contributed by atoms with E-state index in [1.165, 1.54) is 3.88 Å². The maximum Gasteiger partial charge on any atom is -1.00 e. The van der Waals surface area contributed by atoms with Crippen molar-refractivity contribution >= 4 is 11.8 Å². The van der Waals surface area contributed by atoms with Gasteiger partial charge in [0.1, 0.15) is 0 Å². The van der Waals surface area contributed by atoms with E-state index >= 15 is 0 Å². The molecule has 0 fully saturated rings. The molecule has 1 atom stereocenters. The molecule has 127 valence electrons. The van der Waals surface area contributed by atoms with Crippen molar-refractivity contribution in [3.05, 3.63) is 45.4 Å². The third-order valence-corrected chi connectivity index (χ3v) is 7.34. The molecule has 0 spiro atoms. The molecule has 4 heteroatoms. The molecule has 0 amide bonds. The van der Waals surface area contributed by atoms with Crippen molar-refractivity contribution in [2.45, 2.75) is 52.2 Å². The fourth-order valence-electron chi connectivity index (χ4n) is 3.85. The van der Waals surface area contributed by atoms with Gasteiger partial charge in [0.15, 0.2) is 0 Å². The number of halogens is 2. The maximum atomic E-state index is 2.44. The van der Waals surface area contributed by atoms with E-state index in [9.17, 15) is 0 Å². The van der Waals surface area contributed by atoms with Gasteiger partial charge in [0.2, 0.25) is 0 Å². The van der Waals surface area contributed by atoms with Gasteiger partial charge in [0.25, 0.3) is 0 Å². The monoisotopic (exact) mass is 405 g/mol. The molecule has 0 aromatic heterocycles. The predicted octanol–water partition coefficient (Wildman–Crippen LogP) is -0.184. The zero-order valence-electron chi connectivity index (χ0n) is 15.0. The fourth-order valence-corrected chi connectivity index (χ4v) is 6.13. The van der Waals surface area contributed by atoms with Crippen LogP contribution < -0.4 is 24.8 Å². The Balaban J connectivity index is 0.00000242. The molecule has 2 aliphatic rings. The van der Waals surface area contributed by atoms with Gasteiger partial charge in [-0.15, -0.1) is 0 Å². The Kier molecular flexibility index (Phi) is 8.54. The van der Waals surface area contributed by atoms with Gasteiger partial charge in [-0.3, -0.25) is 0 Å². The zero-order chi connectivity index (χ0) is 15.9. The number of hydrogen-bond donors (Lipinski definition) is 0. The average Bonchev–Trinajstić information content (AvgIpc) is 2.84. The molecule has 1 unspecified atom stereocenters. The third-order valence-electron chi connectivity index (χ3n) is 5.01. The quantitative estimate of drug-likeness (QED) is 0.586. The summed E-state index contributed by atoms with van der Waals surface area (Å²) in [5.74, 6) is 0. The van der Waals surface area contributed by atoms with Gasteiger partial charge in [-0.2, -0.15) is 0 Å².